The molecule has 0 aliphatic carbocycles. The molecule has 0 aliphatic heterocycles. The number of aromatic nitrogens is 2. The molecule has 26 heavy (non-hydrogen) atoms. The van der Waals surface area contributed by atoms with E-state index in [9.17, 15) is 19.1 Å². The standard InChI is InChI=1S/C19H18FN3O3/c1-2-12-5-3-8-15(22-12)18(24)23-16(19(25)26)9-11-10-21-14-7-4-6-13(20)17(11)14/h3-8,10,16,21H,2,9H2,1H3,(H,23,24)(H,25,26). The first-order chi connectivity index (χ1) is 12.5. The van der Waals surface area contributed by atoms with Crippen molar-refractivity contribution in [3.63, 3.8) is 0 Å². The second kappa shape index (κ2) is 7.35. The number of benzene rings is 1. The van der Waals surface area contributed by atoms with E-state index >= 15 is 0 Å². The van der Waals surface area contributed by atoms with Crippen molar-refractivity contribution in [3.05, 3.63) is 65.4 Å². The van der Waals surface area contributed by atoms with Gasteiger partial charge in [-0.1, -0.05) is 19.1 Å². The van der Waals surface area contributed by atoms with Crippen LogP contribution in [0.25, 0.3) is 10.9 Å². The molecule has 0 spiro atoms. The summed E-state index contributed by atoms with van der Waals surface area (Å²) in [7, 11) is 0. The molecule has 2 heterocycles. The Labute approximate surface area is 149 Å². The summed E-state index contributed by atoms with van der Waals surface area (Å²) in [4.78, 5) is 31.1. The van der Waals surface area contributed by atoms with Crippen molar-refractivity contribution in [2.75, 3.05) is 0 Å². The molecule has 7 heteroatoms. The summed E-state index contributed by atoms with van der Waals surface area (Å²) in [6, 6.07) is 8.41. The fourth-order valence-electron chi connectivity index (χ4n) is 2.82. The van der Waals surface area contributed by atoms with Gasteiger partial charge in [0, 0.05) is 29.2 Å². The number of aryl methyl sites for hydroxylation is 1. The molecule has 1 atom stereocenters. The van der Waals surface area contributed by atoms with Crippen molar-refractivity contribution >= 4 is 22.8 Å². The molecule has 1 aromatic carbocycles. The molecular weight excluding hydrogens is 337 g/mol. The molecule has 3 N–H and O–H groups in total. The second-order valence-corrected chi connectivity index (χ2v) is 5.91. The molecule has 0 radical (unpaired) electrons. The van der Waals surface area contributed by atoms with Crippen LogP contribution in [0.15, 0.2) is 42.6 Å². The van der Waals surface area contributed by atoms with E-state index in [4.69, 9.17) is 0 Å². The quantitative estimate of drug-likeness (QED) is 0.633. The van der Waals surface area contributed by atoms with E-state index in [1.54, 1.807) is 30.5 Å². The second-order valence-electron chi connectivity index (χ2n) is 5.91. The van der Waals surface area contributed by atoms with Gasteiger partial charge in [0.15, 0.2) is 0 Å². The van der Waals surface area contributed by atoms with E-state index in [-0.39, 0.29) is 12.1 Å². The molecule has 3 aromatic rings. The Bertz CT molecular complexity index is 968. The predicted molar refractivity (Wildman–Crippen MR) is 94.5 cm³/mol. The van der Waals surface area contributed by atoms with Crippen LogP contribution in [0.4, 0.5) is 4.39 Å². The Balaban J connectivity index is 1.83. The molecule has 0 aliphatic rings. The van der Waals surface area contributed by atoms with Gasteiger partial charge in [-0.3, -0.25) is 4.79 Å². The van der Waals surface area contributed by atoms with Gasteiger partial charge in [0.25, 0.3) is 5.91 Å². The summed E-state index contributed by atoms with van der Waals surface area (Å²) >= 11 is 0. The highest BCUT2D eigenvalue weighted by molar-refractivity contribution is 5.95. The number of pyridine rings is 1. The van der Waals surface area contributed by atoms with Crippen LogP contribution in [0, 0.1) is 5.82 Å². The Kier molecular flexibility index (Phi) is 4.97. The third kappa shape index (κ3) is 3.56. The molecule has 2 aromatic heterocycles. The average Bonchev–Trinajstić information content (AvgIpc) is 3.05. The molecule has 1 unspecified atom stereocenters. The van der Waals surface area contributed by atoms with Gasteiger partial charge >= 0.3 is 5.97 Å². The summed E-state index contributed by atoms with van der Waals surface area (Å²) < 4.78 is 14.1. The first-order valence-corrected chi connectivity index (χ1v) is 8.23. The number of hydrogen-bond donors (Lipinski definition) is 3. The van der Waals surface area contributed by atoms with E-state index in [2.05, 4.69) is 15.3 Å². The van der Waals surface area contributed by atoms with Gasteiger partial charge in [-0.05, 0) is 36.2 Å². The summed E-state index contributed by atoms with van der Waals surface area (Å²) in [6.07, 6.45) is 2.18. The number of hydrogen-bond acceptors (Lipinski definition) is 3. The Morgan fingerprint density at radius 3 is 2.77 bits per heavy atom. The molecular formula is C19H18FN3O3. The Morgan fingerprint density at radius 2 is 2.04 bits per heavy atom. The van der Waals surface area contributed by atoms with Crippen LogP contribution in [0.1, 0.15) is 28.7 Å². The van der Waals surface area contributed by atoms with Crippen LogP contribution < -0.4 is 5.32 Å². The molecule has 0 saturated heterocycles. The third-order valence-corrected chi connectivity index (χ3v) is 4.17. The van der Waals surface area contributed by atoms with Crippen molar-refractivity contribution in [1.29, 1.82) is 0 Å². The number of halogens is 1. The van der Waals surface area contributed by atoms with Gasteiger partial charge < -0.3 is 15.4 Å². The van der Waals surface area contributed by atoms with Crippen molar-refractivity contribution in [3.8, 4) is 0 Å². The van der Waals surface area contributed by atoms with E-state index in [1.807, 2.05) is 6.92 Å². The van der Waals surface area contributed by atoms with Gasteiger partial charge in [-0.2, -0.15) is 0 Å². The average molecular weight is 355 g/mol. The number of rotatable bonds is 6. The maximum absolute atomic E-state index is 14.1. The molecule has 0 saturated carbocycles. The minimum absolute atomic E-state index is 0.0462. The first-order valence-electron chi connectivity index (χ1n) is 8.23. The lowest BCUT2D eigenvalue weighted by Crippen LogP contribution is -2.42. The maximum atomic E-state index is 14.1. The highest BCUT2D eigenvalue weighted by atomic mass is 19.1. The minimum atomic E-state index is -1.20. The van der Waals surface area contributed by atoms with Gasteiger partial charge in [0.2, 0.25) is 0 Å². The van der Waals surface area contributed by atoms with Crippen molar-refractivity contribution in [2.24, 2.45) is 0 Å². The van der Waals surface area contributed by atoms with Gasteiger partial charge in [-0.15, -0.1) is 0 Å². The number of H-pyrrole nitrogens is 1. The third-order valence-electron chi connectivity index (χ3n) is 4.17. The van der Waals surface area contributed by atoms with Crippen LogP contribution in [0.5, 0.6) is 0 Å². The lowest BCUT2D eigenvalue weighted by molar-refractivity contribution is -0.139. The number of fused-ring (bicyclic) bond motifs is 1. The van der Waals surface area contributed by atoms with Crippen LogP contribution >= 0.6 is 0 Å². The minimum Gasteiger partial charge on any atom is -0.480 e. The van der Waals surface area contributed by atoms with Crippen molar-refractivity contribution in [1.82, 2.24) is 15.3 Å². The summed E-state index contributed by atoms with van der Waals surface area (Å²) in [5, 5.41) is 12.3. The summed E-state index contributed by atoms with van der Waals surface area (Å²) in [5.74, 6) is -2.21. The topological polar surface area (TPSA) is 95.1 Å². The first kappa shape index (κ1) is 17.6. The number of carboxylic acid groups (broad SMARTS) is 1. The number of aliphatic carboxylic acids is 1. The molecule has 0 fully saturated rings. The molecule has 3 rings (SSSR count). The predicted octanol–water partition coefficient (Wildman–Crippen LogP) is 2.69. The number of nitrogens with zero attached hydrogens (tertiary/aromatic N) is 1. The zero-order valence-electron chi connectivity index (χ0n) is 14.1. The summed E-state index contributed by atoms with van der Waals surface area (Å²) in [6.45, 7) is 1.91. The monoisotopic (exact) mass is 355 g/mol. The van der Waals surface area contributed by atoms with Crippen LogP contribution in [0.3, 0.4) is 0 Å². The Hall–Kier alpha value is -3.22. The van der Waals surface area contributed by atoms with Gasteiger partial charge in [0.1, 0.15) is 17.6 Å². The van der Waals surface area contributed by atoms with E-state index < -0.39 is 23.7 Å². The van der Waals surface area contributed by atoms with E-state index in [0.29, 0.717) is 22.9 Å². The number of amides is 1. The van der Waals surface area contributed by atoms with E-state index in [0.717, 1.165) is 5.69 Å². The van der Waals surface area contributed by atoms with Gasteiger partial charge in [-0.25, -0.2) is 14.2 Å². The van der Waals surface area contributed by atoms with Crippen LogP contribution in [0.2, 0.25) is 0 Å². The lowest BCUT2D eigenvalue weighted by atomic mass is 10.0. The molecule has 0 bridgehead atoms. The highest BCUT2D eigenvalue weighted by Gasteiger charge is 2.23. The lowest BCUT2D eigenvalue weighted by Gasteiger charge is -2.14. The highest BCUT2D eigenvalue weighted by Crippen LogP contribution is 2.22. The molecule has 134 valence electrons. The maximum Gasteiger partial charge on any atom is 0.326 e. The SMILES string of the molecule is CCc1cccc(C(=O)NC(Cc2c[nH]c3cccc(F)c23)C(=O)O)n1. The van der Waals surface area contributed by atoms with Gasteiger partial charge in [0.05, 0.1) is 0 Å². The van der Waals surface area contributed by atoms with Crippen molar-refractivity contribution < 1.29 is 19.1 Å². The van der Waals surface area contributed by atoms with E-state index in [1.165, 1.54) is 12.1 Å². The van der Waals surface area contributed by atoms with Crippen molar-refractivity contribution in [2.45, 2.75) is 25.8 Å². The summed E-state index contributed by atoms with van der Waals surface area (Å²) in [5.41, 5.74) is 1.96. The normalized spacial score (nSPS) is 12.1. The van der Waals surface area contributed by atoms with Crippen LogP contribution in [-0.4, -0.2) is 33.0 Å². The molecule has 1 amide bonds. The fourth-order valence-corrected chi connectivity index (χ4v) is 2.82. The number of aromatic amines is 1. The number of carbonyl (C=O) groups excluding carboxylic acids is 1. The fraction of sp³-hybridized carbons (Fsp3) is 0.211. The Morgan fingerprint density at radius 1 is 1.27 bits per heavy atom. The zero-order valence-corrected chi connectivity index (χ0v) is 14.1. The smallest absolute Gasteiger partial charge is 0.326 e. The largest absolute Gasteiger partial charge is 0.480 e. The number of carboxylic acids is 1. The number of nitrogens with one attached hydrogen (secondary N) is 2. The number of carbonyl (C=O) groups is 2. The zero-order chi connectivity index (χ0) is 18.7. The molecule has 6 nitrogen and oxygen atoms in total. The van der Waals surface area contributed by atoms with Crippen LogP contribution in [-0.2, 0) is 17.6 Å².